The van der Waals surface area contributed by atoms with Crippen molar-refractivity contribution >= 4 is 22.6 Å². The molecule has 0 saturated heterocycles. The molecule has 0 fully saturated rings. The van der Waals surface area contributed by atoms with E-state index < -0.39 is 22.9 Å². The van der Waals surface area contributed by atoms with Gasteiger partial charge in [0.15, 0.2) is 6.79 Å². The molecule has 0 saturated carbocycles. The Bertz CT molecular complexity index is 1510. The van der Waals surface area contributed by atoms with Crippen LogP contribution in [0.5, 0.6) is 17.2 Å². The SMILES string of the molecule is COc1ccccc1-c1c(C(F)(F)F)oc2cc(OCc3cc(Cl)cc4c3OCOC4)ccc2c1=O. The summed E-state index contributed by atoms with van der Waals surface area (Å²) in [4.78, 5) is 13.3. The molecule has 0 spiro atoms. The average molecular weight is 519 g/mol. The second-order valence-electron chi connectivity index (χ2n) is 7.94. The zero-order valence-electron chi connectivity index (χ0n) is 18.8. The summed E-state index contributed by atoms with van der Waals surface area (Å²) in [5.74, 6) is -0.519. The van der Waals surface area contributed by atoms with Crippen molar-refractivity contribution < 1.29 is 36.5 Å². The number of para-hydroxylation sites is 1. The van der Waals surface area contributed by atoms with E-state index in [0.29, 0.717) is 22.9 Å². The topological polar surface area (TPSA) is 67.1 Å². The van der Waals surface area contributed by atoms with Crippen molar-refractivity contribution in [2.75, 3.05) is 13.9 Å². The quantitative estimate of drug-likeness (QED) is 0.297. The molecule has 1 aliphatic rings. The molecule has 2 heterocycles. The van der Waals surface area contributed by atoms with Crippen molar-refractivity contribution in [2.45, 2.75) is 19.4 Å². The van der Waals surface area contributed by atoms with Crippen molar-refractivity contribution in [1.82, 2.24) is 0 Å². The van der Waals surface area contributed by atoms with Crippen LogP contribution in [0.4, 0.5) is 13.2 Å². The summed E-state index contributed by atoms with van der Waals surface area (Å²) in [6.45, 7) is 0.431. The third kappa shape index (κ3) is 4.47. The van der Waals surface area contributed by atoms with Gasteiger partial charge in [0.2, 0.25) is 11.2 Å². The van der Waals surface area contributed by atoms with E-state index in [2.05, 4.69) is 0 Å². The zero-order valence-corrected chi connectivity index (χ0v) is 19.5. The molecule has 5 rings (SSSR count). The summed E-state index contributed by atoms with van der Waals surface area (Å²) in [7, 11) is 1.31. The molecule has 0 unspecified atom stereocenters. The molecule has 0 atom stereocenters. The van der Waals surface area contributed by atoms with Gasteiger partial charge >= 0.3 is 6.18 Å². The number of ether oxygens (including phenoxy) is 4. The molecule has 3 aromatic carbocycles. The predicted octanol–water partition coefficient (Wildman–Crippen LogP) is 6.59. The lowest BCUT2D eigenvalue weighted by atomic mass is 10.0. The molecule has 0 amide bonds. The van der Waals surface area contributed by atoms with Crippen molar-refractivity contribution in [3.63, 3.8) is 0 Å². The van der Waals surface area contributed by atoms with Crippen LogP contribution < -0.4 is 19.6 Å². The van der Waals surface area contributed by atoms with Crippen molar-refractivity contribution in [3.05, 3.63) is 86.7 Å². The number of benzene rings is 3. The maximum atomic E-state index is 14.0. The number of alkyl halides is 3. The lowest BCUT2D eigenvalue weighted by Gasteiger charge is -2.21. The smallest absolute Gasteiger partial charge is 0.450 e. The first kappa shape index (κ1) is 24.0. The van der Waals surface area contributed by atoms with Gasteiger partial charge in [-0.3, -0.25) is 4.79 Å². The second kappa shape index (κ2) is 9.40. The number of fused-ring (bicyclic) bond motifs is 2. The largest absolute Gasteiger partial charge is 0.496 e. The monoisotopic (exact) mass is 518 g/mol. The summed E-state index contributed by atoms with van der Waals surface area (Å²) in [6.07, 6.45) is -4.93. The Labute approximate surface area is 207 Å². The summed E-state index contributed by atoms with van der Waals surface area (Å²) in [6, 6.07) is 13.5. The molecule has 0 bridgehead atoms. The van der Waals surface area contributed by atoms with E-state index in [0.717, 1.165) is 5.56 Å². The van der Waals surface area contributed by atoms with E-state index in [1.807, 2.05) is 0 Å². The standard InChI is InChI=1S/C26H18ClF3O6/c1-32-20-5-3-2-4-18(20)22-23(31)19-7-6-17(10-21(19)36-25(22)26(28,29)30)34-12-15-9-16(27)8-14-11-33-13-35-24(14)15/h2-10H,11-13H2,1H3. The normalized spacial score (nSPS) is 13.2. The van der Waals surface area contributed by atoms with Crippen LogP contribution >= 0.6 is 11.6 Å². The predicted molar refractivity (Wildman–Crippen MR) is 126 cm³/mol. The average Bonchev–Trinajstić information content (AvgIpc) is 2.86. The van der Waals surface area contributed by atoms with Crippen LogP contribution in [-0.2, 0) is 24.1 Å². The first-order valence-corrected chi connectivity index (χ1v) is 11.1. The van der Waals surface area contributed by atoms with Crippen LogP contribution in [0.25, 0.3) is 22.1 Å². The van der Waals surface area contributed by atoms with Crippen LogP contribution in [-0.4, -0.2) is 13.9 Å². The lowest BCUT2D eigenvalue weighted by molar-refractivity contribution is -0.152. The van der Waals surface area contributed by atoms with Gasteiger partial charge in [-0.2, -0.15) is 13.2 Å². The highest BCUT2D eigenvalue weighted by Crippen LogP contribution is 2.40. The van der Waals surface area contributed by atoms with Crippen molar-refractivity contribution in [2.24, 2.45) is 0 Å². The molecule has 0 N–H and O–H groups in total. The van der Waals surface area contributed by atoms with Gasteiger partial charge in [0.25, 0.3) is 0 Å². The molecule has 186 valence electrons. The zero-order chi connectivity index (χ0) is 25.4. The number of halogens is 4. The van der Waals surface area contributed by atoms with Gasteiger partial charge in [0.05, 0.1) is 24.7 Å². The summed E-state index contributed by atoms with van der Waals surface area (Å²) < 4.78 is 69.1. The van der Waals surface area contributed by atoms with Gasteiger partial charge in [0.1, 0.15) is 29.4 Å². The molecule has 1 aromatic heterocycles. The highest BCUT2D eigenvalue weighted by atomic mass is 35.5. The van der Waals surface area contributed by atoms with Gasteiger partial charge in [0, 0.05) is 27.8 Å². The maximum absolute atomic E-state index is 14.0. The first-order chi connectivity index (χ1) is 17.3. The Morgan fingerprint density at radius 1 is 1.08 bits per heavy atom. The molecule has 36 heavy (non-hydrogen) atoms. The van der Waals surface area contributed by atoms with Gasteiger partial charge in [-0.1, -0.05) is 29.8 Å². The fraction of sp³-hybridized carbons (Fsp3) is 0.192. The Morgan fingerprint density at radius 2 is 1.89 bits per heavy atom. The molecule has 10 heteroatoms. The number of hydrogen-bond donors (Lipinski definition) is 0. The minimum Gasteiger partial charge on any atom is -0.496 e. The maximum Gasteiger partial charge on any atom is 0.450 e. The molecule has 0 radical (unpaired) electrons. The first-order valence-electron chi connectivity index (χ1n) is 10.7. The fourth-order valence-electron chi connectivity index (χ4n) is 4.08. The van der Waals surface area contributed by atoms with E-state index >= 15 is 0 Å². The van der Waals surface area contributed by atoms with E-state index in [9.17, 15) is 18.0 Å². The Kier molecular flexibility index (Phi) is 6.27. The number of rotatable bonds is 5. The minimum absolute atomic E-state index is 0.0157. The molecular formula is C26H18ClF3O6. The number of hydrogen-bond acceptors (Lipinski definition) is 6. The van der Waals surface area contributed by atoms with Crippen LogP contribution in [0.15, 0.2) is 63.8 Å². The molecule has 1 aliphatic heterocycles. The third-order valence-corrected chi connectivity index (χ3v) is 5.86. The molecular weight excluding hydrogens is 501 g/mol. The number of methoxy groups -OCH3 is 1. The Morgan fingerprint density at radius 3 is 2.67 bits per heavy atom. The second-order valence-corrected chi connectivity index (χ2v) is 8.38. The van der Waals surface area contributed by atoms with Crippen LogP contribution in [0.3, 0.4) is 0 Å². The van der Waals surface area contributed by atoms with Crippen LogP contribution in [0.2, 0.25) is 5.02 Å². The van der Waals surface area contributed by atoms with Gasteiger partial charge in [-0.15, -0.1) is 0 Å². The Hall–Kier alpha value is -3.69. The lowest BCUT2D eigenvalue weighted by Crippen LogP contribution is -2.16. The minimum atomic E-state index is -4.93. The van der Waals surface area contributed by atoms with E-state index in [4.69, 9.17) is 35.0 Å². The third-order valence-electron chi connectivity index (χ3n) is 5.64. The highest BCUT2D eigenvalue weighted by molar-refractivity contribution is 6.30. The van der Waals surface area contributed by atoms with Crippen molar-refractivity contribution in [3.8, 4) is 28.4 Å². The van der Waals surface area contributed by atoms with E-state index in [-0.39, 0.29) is 41.4 Å². The van der Waals surface area contributed by atoms with Gasteiger partial charge in [-0.25, -0.2) is 0 Å². The summed E-state index contributed by atoms with van der Waals surface area (Å²) in [5, 5.41) is 0.432. The van der Waals surface area contributed by atoms with Crippen molar-refractivity contribution in [1.29, 1.82) is 0 Å². The van der Waals surface area contributed by atoms with Crippen LogP contribution in [0, 0.1) is 0 Å². The highest BCUT2D eigenvalue weighted by Gasteiger charge is 2.40. The van der Waals surface area contributed by atoms with E-state index in [1.165, 1.54) is 43.5 Å². The summed E-state index contributed by atoms with van der Waals surface area (Å²) in [5.41, 5.74) is -0.331. The molecule has 0 aliphatic carbocycles. The Balaban J connectivity index is 1.56. The van der Waals surface area contributed by atoms with Gasteiger partial charge < -0.3 is 23.4 Å². The van der Waals surface area contributed by atoms with Crippen LogP contribution in [0.1, 0.15) is 16.9 Å². The molecule has 6 nitrogen and oxygen atoms in total. The summed E-state index contributed by atoms with van der Waals surface area (Å²) >= 11 is 6.17. The molecule has 4 aromatic rings. The van der Waals surface area contributed by atoms with Gasteiger partial charge in [-0.05, 0) is 30.3 Å². The van der Waals surface area contributed by atoms with E-state index in [1.54, 1.807) is 18.2 Å². The fourth-order valence-corrected chi connectivity index (χ4v) is 4.35.